The molecular weight excluding hydrogens is 204 g/mol. The lowest BCUT2D eigenvalue weighted by Crippen LogP contribution is -2.07. The second-order valence-electron chi connectivity index (χ2n) is 3.66. The molecule has 2 rings (SSSR count). The fraction of sp³-hybridized carbons (Fsp3) is 0.273. The normalized spacial score (nSPS) is 10.4. The summed E-state index contributed by atoms with van der Waals surface area (Å²) in [6.07, 6.45) is 0. The highest BCUT2D eigenvalue weighted by atomic mass is 16.5. The number of hydrogen-bond acceptors (Lipinski definition) is 5. The van der Waals surface area contributed by atoms with Crippen LogP contribution in [0, 0.1) is 0 Å². The molecule has 0 fully saturated rings. The van der Waals surface area contributed by atoms with Gasteiger partial charge >= 0.3 is 0 Å². The van der Waals surface area contributed by atoms with Crippen molar-refractivity contribution in [1.29, 1.82) is 0 Å². The maximum absolute atomic E-state index is 5.40. The van der Waals surface area contributed by atoms with Crippen LogP contribution in [0.15, 0.2) is 28.8 Å². The Hall–Kier alpha value is -1.88. The molecule has 0 radical (unpaired) electrons. The van der Waals surface area contributed by atoms with Crippen LogP contribution in [0.4, 0.5) is 5.69 Å². The molecule has 0 unspecified atom stereocenters. The molecule has 5 nitrogen and oxygen atoms in total. The first kappa shape index (κ1) is 10.6. The number of nitrogens with zero attached hydrogens (tertiary/aromatic N) is 3. The molecule has 0 aliphatic rings. The fourth-order valence-corrected chi connectivity index (χ4v) is 1.36. The fourth-order valence-electron chi connectivity index (χ4n) is 1.36. The predicted octanol–water partition coefficient (Wildman–Crippen LogP) is 1.26. The first-order chi connectivity index (χ1) is 7.70. The largest absolute Gasteiger partial charge is 0.378 e. The van der Waals surface area contributed by atoms with Crippen LogP contribution in [0.3, 0.4) is 0 Å². The molecule has 1 heterocycles. The van der Waals surface area contributed by atoms with Gasteiger partial charge in [-0.05, 0) is 24.3 Å². The third-order valence-corrected chi connectivity index (χ3v) is 2.28. The Kier molecular flexibility index (Phi) is 2.87. The van der Waals surface area contributed by atoms with E-state index in [1.165, 1.54) is 0 Å². The van der Waals surface area contributed by atoms with Crippen LogP contribution in [0.2, 0.25) is 0 Å². The van der Waals surface area contributed by atoms with Crippen molar-refractivity contribution in [2.75, 3.05) is 19.0 Å². The standard InChI is InChI=1S/C11H14N4O/c1-15(2)9-5-3-8(4-6-9)11-13-10(7-12)16-14-11/h3-6H,7,12H2,1-2H3. The zero-order chi connectivity index (χ0) is 11.5. The van der Waals surface area contributed by atoms with Gasteiger partial charge in [0.05, 0.1) is 6.54 Å². The lowest BCUT2D eigenvalue weighted by Gasteiger charge is -2.11. The number of hydrogen-bond donors (Lipinski definition) is 1. The summed E-state index contributed by atoms with van der Waals surface area (Å²) in [5.74, 6) is 1.03. The zero-order valence-corrected chi connectivity index (χ0v) is 9.34. The minimum atomic E-state index is 0.267. The molecule has 0 saturated heterocycles. The molecule has 2 aromatic rings. The highest BCUT2D eigenvalue weighted by Crippen LogP contribution is 2.19. The molecule has 1 aromatic heterocycles. The molecule has 0 atom stereocenters. The number of aromatic nitrogens is 2. The zero-order valence-electron chi connectivity index (χ0n) is 9.34. The van der Waals surface area contributed by atoms with Gasteiger partial charge in [-0.2, -0.15) is 4.98 Å². The molecule has 0 aliphatic heterocycles. The van der Waals surface area contributed by atoms with Crippen LogP contribution in [0.5, 0.6) is 0 Å². The van der Waals surface area contributed by atoms with Gasteiger partial charge in [0.1, 0.15) is 0 Å². The van der Waals surface area contributed by atoms with E-state index in [9.17, 15) is 0 Å². The minimum Gasteiger partial charge on any atom is -0.378 e. The molecule has 0 spiro atoms. The summed E-state index contributed by atoms with van der Waals surface area (Å²) in [6, 6.07) is 7.93. The summed E-state index contributed by atoms with van der Waals surface area (Å²) in [5.41, 5.74) is 7.46. The molecule has 2 N–H and O–H groups in total. The van der Waals surface area contributed by atoms with Gasteiger partial charge in [0.25, 0.3) is 0 Å². The molecular formula is C11H14N4O. The van der Waals surface area contributed by atoms with E-state index in [1.54, 1.807) is 0 Å². The van der Waals surface area contributed by atoms with E-state index in [0.717, 1.165) is 11.3 Å². The van der Waals surface area contributed by atoms with Gasteiger partial charge in [0.2, 0.25) is 11.7 Å². The van der Waals surface area contributed by atoms with Crippen molar-refractivity contribution in [3.63, 3.8) is 0 Å². The molecule has 84 valence electrons. The van der Waals surface area contributed by atoms with E-state index >= 15 is 0 Å². The van der Waals surface area contributed by atoms with E-state index in [1.807, 2.05) is 43.3 Å². The number of benzene rings is 1. The van der Waals surface area contributed by atoms with Crippen molar-refractivity contribution >= 4 is 5.69 Å². The summed E-state index contributed by atoms with van der Waals surface area (Å²) < 4.78 is 4.95. The van der Waals surface area contributed by atoms with Gasteiger partial charge in [-0.25, -0.2) is 0 Å². The molecule has 0 saturated carbocycles. The van der Waals surface area contributed by atoms with Crippen molar-refractivity contribution in [2.45, 2.75) is 6.54 Å². The van der Waals surface area contributed by atoms with Crippen molar-refractivity contribution in [1.82, 2.24) is 10.1 Å². The van der Waals surface area contributed by atoms with Gasteiger partial charge in [-0.15, -0.1) is 0 Å². The molecule has 0 amide bonds. The topological polar surface area (TPSA) is 68.2 Å². The van der Waals surface area contributed by atoms with E-state index < -0.39 is 0 Å². The minimum absolute atomic E-state index is 0.267. The average molecular weight is 218 g/mol. The quantitative estimate of drug-likeness (QED) is 0.840. The third kappa shape index (κ3) is 2.04. The lowest BCUT2D eigenvalue weighted by molar-refractivity contribution is 0.380. The Labute approximate surface area is 93.9 Å². The van der Waals surface area contributed by atoms with Crippen LogP contribution >= 0.6 is 0 Å². The molecule has 5 heteroatoms. The Morgan fingerprint density at radius 3 is 2.44 bits per heavy atom. The van der Waals surface area contributed by atoms with Gasteiger partial charge in [0.15, 0.2) is 0 Å². The summed E-state index contributed by atoms with van der Waals surface area (Å²) >= 11 is 0. The monoisotopic (exact) mass is 218 g/mol. The van der Waals surface area contributed by atoms with Crippen LogP contribution in [-0.4, -0.2) is 24.2 Å². The first-order valence-corrected chi connectivity index (χ1v) is 5.01. The third-order valence-electron chi connectivity index (χ3n) is 2.28. The SMILES string of the molecule is CN(C)c1ccc(-c2noc(CN)n2)cc1. The number of rotatable bonds is 3. The van der Waals surface area contributed by atoms with Crippen LogP contribution in [-0.2, 0) is 6.54 Å². The Morgan fingerprint density at radius 2 is 1.94 bits per heavy atom. The van der Waals surface area contributed by atoms with Crippen LogP contribution in [0.1, 0.15) is 5.89 Å². The van der Waals surface area contributed by atoms with Crippen molar-refractivity contribution < 1.29 is 4.52 Å². The van der Waals surface area contributed by atoms with E-state index in [2.05, 4.69) is 10.1 Å². The lowest BCUT2D eigenvalue weighted by atomic mass is 10.2. The summed E-state index contributed by atoms with van der Waals surface area (Å²) in [5, 5.41) is 3.85. The van der Waals surface area contributed by atoms with Gasteiger partial charge in [0, 0.05) is 25.3 Å². The van der Waals surface area contributed by atoms with Crippen LogP contribution in [0.25, 0.3) is 11.4 Å². The highest BCUT2D eigenvalue weighted by molar-refractivity contribution is 5.59. The second kappa shape index (κ2) is 4.32. The number of nitrogens with two attached hydrogens (primary N) is 1. The molecule has 1 aromatic carbocycles. The Morgan fingerprint density at radius 1 is 1.25 bits per heavy atom. The Bertz CT molecular complexity index is 461. The smallest absolute Gasteiger partial charge is 0.240 e. The highest BCUT2D eigenvalue weighted by Gasteiger charge is 2.07. The van der Waals surface area contributed by atoms with E-state index in [4.69, 9.17) is 10.3 Å². The van der Waals surface area contributed by atoms with E-state index in [0.29, 0.717) is 11.7 Å². The number of anilines is 1. The van der Waals surface area contributed by atoms with Crippen molar-refractivity contribution in [3.8, 4) is 11.4 Å². The average Bonchev–Trinajstić information content (AvgIpc) is 2.77. The van der Waals surface area contributed by atoms with Gasteiger partial charge < -0.3 is 15.2 Å². The molecule has 0 bridgehead atoms. The summed E-state index contributed by atoms with van der Waals surface area (Å²) in [7, 11) is 3.99. The van der Waals surface area contributed by atoms with Crippen molar-refractivity contribution in [2.24, 2.45) is 5.73 Å². The summed E-state index contributed by atoms with van der Waals surface area (Å²) in [6.45, 7) is 0.267. The predicted molar refractivity (Wildman–Crippen MR) is 62.0 cm³/mol. The Balaban J connectivity index is 2.27. The van der Waals surface area contributed by atoms with E-state index in [-0.39, 0.29) is 6.54 Å². The van der Waals surface area contributed by atoms with Gasteiger partial charge in [-0.1, -0.05) is 5.16 Å². The van der Waals surface area contributed by atoms with Gasteiger partial charge in [-0.3, -0.25) is 0 Å². The maximum Gasteiger partial charge on any atom is 0.240 e. The molecule has 16 heavy (non-hydrogen) atoms. The first-order valence-electron chi connectivity index (χ1n) is 5.01. The van der Waals surface area contributed by atoms with Crippen molar-refractivity contribution in [3.05, 3.63) is 30.2 Å². The second-order valence-corrected chi connectivity index (χ2v) is 3.66. The molecule has 0 aliphatic carbocycles. The summed E-state index contributed by atoms with van der Waals surface area (Å²) in [4.78, 5) is 6.19. The van der Waals surface area contributed by atoms with Crippen LogP contribution < -0.4 is 10.6 Å². The maximum atomic E-state index is 5.40.